The molecule has 0 atom stereocenters. The van der Waals surface area contributed by atoms with Gasteiger partial charge in [0.2, 0.25) is 0 Å². The van der Waals surface area contributed by atoms with Gasteiger partial charge in [0, 0.05) is 15.4 Å². The fourth-order valence-electron chi connectivity index (χ4n) is 1.49. The lowest BCUT2D eigenvalue weighted by molar-refractivity contribution is 0.0372. The summed E-state index contributed by atoms with van der Waals surface area (Å²) >= 11 is 3.38. The van der Waals surface area contributed by atoms with Gasteiger partial charge in [0.25, 0.3) is 0 Å². The fourth-order valence-corrected chi connectivity index (χ4v) is 1.85. The van der Waals surface area contributed by atoms with Crippen LogP contribution >= 0.6 is 15.9 Å². The maximum atomic E-state index is 11.6. The summed E-state index contributed by atoms with van der Waals surface area (Å²) in [5.41, 5.74) is 1.41. The van der Waals surface area contributed by atoms with Crippen LogP contribution in [0.5, 0.6) is 0 Å². The van der Waals surface area contributed by atoms with Crippen LogP contribution in [0.3, 0.4) is 0 Å². The summed E-state index contributed by atoms with van der Waals surface area (Å²) in [7, 11) is 0. The number of hydrogen-bond acceptors (Lipinski definition) is 2. The Bertz CT molecular complexity index is 531. The lowest BCUT2D eigenvalue weighted by Crippen LogP contribution is -2.11. The molecule has 0 aliphatic rings. The van der Waals surface area contributed by atoms with Crippen molar-refractivity contribution in [3.8, 4) is 0 Å². The molecule has 0 saturated carbocycles. The molecule has 2 aromatic rings. The molecule has 0 radical (unpaired) electrons. The third-order valence-electron chi connectivity index (χ3n) is 2.15. The number of aromatic nitrogens is 1. The van der Waals surface area contributed by atoms with Crippen LogP contribution in [-0.4, -0.2) is 17.1 Å². The van der Waals surface area contributed by atoms with Gasteiger partial charge in [-0.2, -0.15) is 0 Å². The van der Waals surface area contributed by atoms with Crippen LogP contribution in [0.25, 0.3) is 10.9 Å². The van der Waals surface area contributed by atoms with E-state index >= 15 is 0 Å². The Hall–Kier alpha value is -1.29. The molecule has 1 N–H and O–H groups in total. The monoisotopic (exact) mass is 281 g/mol. The molecule has 0 spiro atoms. The number of nitrogens with one attached hydrogen (secondary N) is 1. The molecule has 0 aliphatic carbocycles. The topological polar surface area (TPSA) is 42.1 Å². The Balaban J connectivity index is 2.36. The molecule has 1 aromatic heterocycles. The highest BCUT2D eigenvalue weighted by Gasteiger charge is 2.12. The van der Waals surface area contributed by atoms with E-state index in [-0.39, 0.29) is 12.1 Å². The normalized spacial score (nSPS) is 11.0. The van der Waals surface area contributed by atoms with Crippen LogP contribution in [0.15, 0.2) is 28.7 Å². The Morgan fingerprint density at radius 2 is 2.12 bits per heavy atom. The van der Waals surface area contributed by atoms with E-state index in [9.17, 15) is 4.79 Å². The van der Waals surface area contributed by atoms with E-state index in [1.165, 1.54) is 0 Å². The summed E-state index contributed by atoms with van der Waals surface area (Å²) in [6, 6.07) is 7.61. The molecule has 0 unspecified atom stereocenters. The minimum Gasteiger partial charge on any atom is -0.458 e. The highest BCUT2D eigenvalue weighted by molar-refractivity contribution is 9.10. The number of aromatic amines is 1. The van der Waals surface area contributed by atoms with Crippen molar-refractivity contribution in [2.24, 2.45) is 0 Å². The highest BCUT2D eigenvalue weighted by Crippen LogP contribution is 2.20. The molecule has 0 amide bonds. The molecule has 2 rings (SSSR count). The van der Waals surface area contributed by atoms with E-state index in [0.29, 0.717) is 5.69 Å². The van der Waals surface area contributed by atoms with E-state index in [2.05, 4.69) is 20.9 Å². The minimum atomic E-state index is -0.317. The SMILES string of the molecule is CC(C)OC(=O)c1cc2ccc(Br)cc2[nH]1. The van der Waals surface area contributed by atoms with Crippen molar-refractivity contribution < 1.29 is 9.53 Å². The van der Waals surface area contributed by atoms with Gasteiger partial charge in [-0.15, -0.1) is 0 Å². The minimum absolute atomic E-state index is 0.106. The molecule has 16 heavy (non-hydrogen) atoms. The molecule has 3 nitrogen and oxygen atoms in total. The van der Waals surface area contributed by atoms with E-state index in [0.717, 1.165) is 15.4 Å². The standard InChI is InChI=1S/C12H12BrNO2/c1-7(2)16-12(15)11-5-8-3-4-9(13)6-10(8)14-11/h3-7,14H,1-2H3. The number of H-pyrrole nitrogens is 1. The zero-order chi connectivity index (χ0) is 11.7. The molecule has 0 aliphatic heterocycles. The van der Waals surface area contributed by atoms with Crippen molar-refractivity contribution in [3.05, 3.63) is 34.4 Å². The lowest BCUT2D eigenvalue weighted by Gasteiger charge is -2.05. The van der Waals surface area contributed by atoms with Crippen molar-refractivity contribution in [1.82, 2.24) is 4.98 Å². The quantitative estimate of drug-likeness (QED) is 0.857. The first kappa shape index (κ1) is 11.2. The van der Waals surface area contributed by atoms with Gasteiger partial charge in [0.1, 0.15) is 5.69 Å². The van der Waals surface area contributed by atoms with Crippen LogP contribution < -0.4 is 0 Å². The summed E-state index contributed by atoms with van der Waals surface area (Å²) in [5, 5.41) is 0.999. The molecule has 0 bridgehead atoms. The molecule has 0 saturated heterocycles. The number of esters is 1. The van der Waals surface area contributed by atoms with Gasteiger partial charge < -0.3 is 9.72 Å². The molecular weight excluding hydrogens is 270 g/mol. The first-order valence-corrected chi connectivity index (χ1v) is 5.85. The van der Waals surface area contributed by atoms with Crippen molar-refractivity contribution >= 4 is 32.8 Å². The second-order valence-electron chi connectivity index (χ2n) is 3.87. The third kappa shape index (κ3) is 2.27. The number of fused-ring (bicyclic) bond motifs is 1. The predicted molar refractivity (Wildman–Crippen MR) is 66.6 cm³/mol. The second-order valence-corrected chi connectivity index (χ2v) is 4.78. The average Bonchev–Trinajstić information content (AvgIpc) is 2.59. The van der Waals surface area contributed by atoms with Crippen molar-refractivity contribution in [3.63, 3.8) is 0 Å². The van der Waals surface area contributed by atoms with Crippen molar-refractivity contribution in [2.75, 3.05) is 0 Å². The molecule has 84 valence electrons. The first-order chi connectivity index (χ1) is 7.56. The largest absolute Gasteiger partial charge is 0.458 e. The maximum absolute atomic E-state index is 11.6. The predicted octanol–water partition coefficient (Wildman–Crippen LogP) is 3.50. The Morgan fingerprint density at radius 1 is 1.38 bits per heavy atom. The Kier molecular flexibility index (Phi) is 3.01. The smallest absolute Gasteiger partial charge is 0.355 e. The van der Waals surface area contributed by atoms with Crippen LogP contribution in [0.1, 0.15) is 24.3 Å². The van der Waals surface area contributed by atoms with Gasteiger partial charge >= 0.3 is 5.97 Å². The molecule has 4 heteroatoms. The third-order valence-corrected chi connectivity index (χ3v) is 2.64. The van der Waals surface area contributed by atoms with Crippen LogP contribution in [0, 0.1) is 0 Å². The summed E-state index contributed by atoms with van der Waals surface area (Å²) in [6.07, 6.45) is -0.106. The number of hydrogen-bond donors (Lipinski definition) is 1. The van der Waals surface area contributed by atoms with Gasteiger partial charge in [0.05, 0.1) is 6.10 Å². The maximum Gasteiger partial charge on any atom is 0.355 e. The summed E-state index contributed by atoms with van der Waals surface area (Å²) in [5.74, 6) is -0.317. The molecule has 1 heterocycles. The zero-order valence-electron chi connectivity index (χ0n) is 9.08. The van der Waals surface area contributed by atoms with Crippen LogP contribution in [0.2, 0.25) is 0 Å². The number of carbonyl (C=O) groups is 1. The summed E-state index contributed by atoms with van der Waals surface area (Å²) in [6.45, 7) is 3.66. The number of ether oxygens (including phenoxy) is 1. The Labute approximate surface area is 102 Å². The molecule has 0 fully saturated rings. The van der Waals surface area contributed by atoms with E-state index in [1.54, 1.807) is 6.07 Å². The number of rotatable bonds is 2. The first-order valence-electron chi connectivity index (χ1n) is 5.05. The second kappa shape index (κ2) is 4.29. The van der Waals surface area contributed by atoms with Crippen molar-refractivity contribution in [2.45, 2.75) is 20.0 Å². The van der Waals surface area contributed by atoms with E-state index in [4.69, 9.17) is 4.74 Å². The van der Waals surface area contributed by atoms with E-state index < -0.39 is 0 Å². The van der Waals surface area contributed by atoms with E-state index in [1.807, 2.05) is 32.0 Å². The van der Waals surface area contributed by atoms with Gasteiger partial charge in [-0.3, -0.25) is 0 Å². The van der Waals surface area contributed by atoms with Crippen LogP contribution in [0.4, 0.5) is 0 Å². The molecular formula is C12H12BrNO2. The average molecular weight is 282 g/mol. The number of benzene rings is 1. The van der Waals surface area contributed by atoms with Gasteiger partial charge in [-0.1, -0.05) is 22.0 Å². The zero-order valence-corrected chi connectivity index (χ0v) is 10.7. The number of carbonyl (C=O) groups excluding carboxylic acids is 1. The highest BCUT2D eigenvalue weighted by atomic mass is 79.9. The van der Waals surface area contributed by atoms with Crippen molar-refractivity contribution in [1.29, 1.82) is 0 Å². The lowest BCUT2D eigenvalue weighted by atomic mass is 10.2. The number of halogens is 1. The van der Waals surface area contributed by atoms with Gasteiger partial charge in [0.15, 0.2) is 0 Å². The van der Waals surface area contributed by atoms with Gasteiger partial charge in [-0.25, -0.2) is 4.79 Å². The fraction of sp³-hybridized carbons (Fsp3) is 0.250. The van der Waals surface area contributed by atoms with Crippen LogP contribution in [-0.2, 0) is 4.74 Å². The Morgan fingerprint density at radius 3 is 2.81 bits per heavy atom. The van der Waals surface area contributed by atoms with Gasteiger partial charge in [-0.05, 0) is 32.0 Å². The summed E-state index contributed by atoms with van der Waals surface area (Å²) in [4.78, 5) is 14.7. The molecule has 1 aromatic carbocycles. The summed E-state index contributed by atoms with van der Waals surface area (Å²) < 4.78 is 6.09.